The highest BCUT2D eigenvalue weighted by Gasteiger charge is 2.26. The van der Waals surface area contributed by atoms with Crippen molar-refractivity contribution < 1.29 is 22.4 Å². The van der Waals surface area contributed by atoms with E-state index in [0.29, 0.717) is 13.1 Å². The van der Waals surface area contributed by atoms with E-state index in [-0.39, 0.29) is 12.0 Å². The summed E-state index contributed by atoms with van der Waals surface area (Å²) in [6.45, 7) is 2.55. The van der Waals surface area contributed by atoms with Crippen LogP contribution >= 0.6 is 0 Å². The molecule has 1 saturated heterocycles. The number of benzene rings is 1. The molecule has 1 N–H and O–H groups in total. The standard InChI is InChI=1S/C14H16F4N2O/c1-8(14(21)20-5-3-2-4-6-20)19-13-11(17)9(15)7-10(16)12(13)18/h7-8,19H,2-6H2,1H3. The third kappa shape index (κ3) is 3.28. The number of piperidine rings is 1. The van der Waals surface area contributed by atoms with Crippen LogP contribution in [-0.2, 0) is 4.79 Å². The van der Waals surface area contributed by atoms with Gasteiger partial charge in [0.1, 0.15) is 11.7 Å². The summed E-state index contributed by atoms with van der Waals surface area (Å²) in [5.74, 6) is -6.43. The van der Waals surface area contributed by atoms with Crippen molar-refractivity contribution >= 4 is 11.6 Å². The number of nitrogens with zero attached hydrogens (tertiary/aromatic N) is 1. The highest BCUT2D eigenvalue weighted by Crippen LogP contribution is 2.25. The number of nitrogens with one attached hydrogen (secondary N) is 1. The minimum absolute atomic E-state index is 0.132. The summed E-state index contributed by atoms with van der Waals surface area (Å²) < 4.78 is 53.3. The van der Waals surface area contributed by atoms with E-state index in [9.17, 15) is 22.4 Å². The van der Waals surface area contributed by atoms with E-state index < -0.39 is 35.0 Å². The lowest BCUT2D eigenvalue weighted by molar-refractivity contribution is -0.132. The Balaban J connectivity index is 2.15. The molecule has 21 heavy (non-hydrogen) atoms. The zero-order valence-corrected chi connectivity index (χ0v) is 11.6. The first-order valence-electron chi connectivity index (χ1n) is 6.80. The normalized spacial score (nSPS) is 16.7. The summed E-state index contributed by atoms with van der Waals surface area (Å²) in [5, 5.41) is 2.24. The van der Waals surface area contributed by atoms with E-state index in [1.165, 1.54) is 6.92 Å². The van der Waals surface area contributed by atoms with E-state index in [1.54, 1.807) is 4.90 Å². The first-order chi connectivity index (χ1) is 9.91. The van der Waals surface area contributed by atoms with Crippen molar-refractivity contribution in [3.05, 3.63) is 29.3 Å². The van der Waals surface area contributed by atoms with Crippen molar-refractivity contribution in [2.24, 2.45) is 0 Å². The van der Waals surface area contributed by atoms with Gasteiger partial charge in [0.15, 0.2) is 23.3 Å². The van der Waals surface area contributed by atoms with Crippen LogP contribution < -0.4 is 5.32 Å². The number of carbonyl (C=O) groups excluding carboxylic acids is 1. The van der Waals surface area contributed by atoms with Crippen LogP contribution in [0.4, 0.5) is 23.2 Å². The molecule has 0 aromatic heterocycles. The maximum absolute atomic E-state index is 13.5. The van der Waals surface area contributed by atoms with Gasteiger partial charge in [0.25, 0.3) is 0 Å². The van der Waals surface area contributed by atoms with Crippen LogP contribution in [0, 0.1) is 23.3 Å². The molecular formula is C14H16F4N2O. The van der Waals surface area contributed by atoms with Crippen LogP contribution in [0.5, 0.6) is 0 Å². The molecule has 0 saturated carbocycles. The van der Waals surface area contributed by atoms with Gasteiger partial charge in [-0.2, -0.15) is 0 Å². The minimum Gasteiger partial charge on any atom is -0.369 e. The van der Waals surface area contributed by atoms with Gasteiger partial charge in [-0.25, -0.2) is 17.6 Å². The lowest BCUT2D eigenvalue weighted by Gasteiger charge is -2.29. The molecular weight excluding hydrogens is 288 g/mol. The molecule has 0 bridgehead atoms. The van der Waals surface area contributed by atoms with E-state index >= 15 is 0 Å². The van der Waals surface area contributed by atoms with Gasteiger partial charge < -0.3 is 10.2 Å². The second kappa shape index (κ2) is 6.32. The van der Waals surface area contributed by atoms with Crippen molar-refractivity contribution in [2.75, 3.05) is 18.4 Å². The summed E-state index contributed by atoms with van der Waals surface area (Å²) in [5.41, 5.74) is -0.953. The van der Waals surface area contributed by atoms with Crippen LogP contribution in [0.2, 0.25) is 0 Å². The van der Waals surface area contributed by atoms with Gasteiger partial charge in [0, 0.05) is 19.2 Å². The minimum atomic E-state index is -1.54. The Morgan fingerprint density at radius 3 is 2.14 bits per heavy atom. The fourth-order valence-corrected chi connectivity index (χ4v) is 2.37. The van der Waals surface area contributed by atoms with Crippen molar-refractivity contribution in [1.82, 2.24) is 4.90 Å². The molecule has 1 amide bonds. The average molecular weight is 304 g/mol. The van der Waals surface area contributed by atoms with Crippen LogP contribution in [-0.4, -0.2) is 29.9 Å². The van der Waals surface area contributed by atoms with E-state index in [0.717, 1.165) is 19.3 Å². The third-order valence-corrected chi connectivity index (χ3v) is 3.51. The fourth-order valence-electron chi connectivity index (χ4n) is 2.37. The Labute approximate surface area is 119 Å². The Morgan fingerprint density at radius 1 is 1.10 bits per heavy atom. The zero-order chi connectivity index (χ0) is 15.6. The quantitative estimate of drug-likeness (QED) is 0.687. The number of likely N-dealkylation sites (tertiary alicyclic amines) is 1. The molecule has 1 atom stereocenters. The summed E-state index contributed by atoms with van der Waals surface area (Å²) in [7, 11) is 0. The Hall–Kier alpha value is -1.79. The molecule has 116 valence electrons. The topological polar surface area (TPSA) is 32.3 Å². The molecule has 1 aromatic rings. The molecule has 1 fully saturated rings. The predicted octanol–water partition coefficient (Wildman–Crippen LogP) is 3.06. The first-order valence-corrected chi connectivity index (χ1v) is 6.80. The largest absolute Gasteiger partial charge is 0.369 e. The SMILES string of the molecule is CC(Nc1c(F)c(F)cc(F)c1F)C(=O)N1CCCCC1. The Morgan fingerprint density at radius 2 is 1.62 bits per heavy atom. The number of carbonyl (C=O) groups is 1. The van der Waals surface area contributed by atoms with Gasteiger partial charge in [-0.05, 0) is 26.2 Å². The van der Waals surface area contributed by atoms with Gasteiger partial charge in [0.2, 0.25) is 5.91 Å². The fraction of sp³-hybridized carbons (Fsp3) is 0.500. The van der Waals surface area contributed by atoms with Crippen LogP contribution in [0.15, 0.2) is 6.07 Å². The summed E-state index contributed by atoms with van der Waals surface area (Å²) in [6, 6.07) is -0.847. The lowest BCUT2D eigenvalue weighted by atomic mass is 10.1. The predicted molar refractivity (Wildman–Crippen MR) is 69.8 cm³/mol. The number of hydrogen-bond acceptors (Lipinski definition) is 2. The molecule has 7 heteroatoms. The van der Waals surface area contributed by atoms with E-state index in [2.05, 4.69) is 5.32 Å². The number of amides is 1. The van der Waals surface area contributed by atoms with E-state index in [4.69, 9.17) is 0 Å². The number of halogens is 4. The number of anilines is 1. The zero-order valence-electron chi connectivity index (χ0n) is 11.6. The van der Waals surface area contributed by atoms with Crippen molar-refractivity contribution in [2.45, 2.75) is 32.2 Å². The molecule has 1 heterocycles. The summed E-state index contributed by atoms with van der Waals surface area (Å²) >= 11 is 0. The Bertz CT molecular complexity index is 518. The van der Waals surface area contributed by atoms with Gasteiger partial charge in [-0.15, -0.1) is 0 Å². The monoisotopic (exact) mass is 304 g/mol. The highest BCUT2D eigenvalue weighted by atomic mass is 19.2. The molecule has 0 radical (unpaired) electrons. The molecule has 1 aliphatic rings. The molecule has 3 nitrogen and oxygen atoms in total. The number of rotatable bonds is 3. The second-order valence-electron chi connectivity index (χ2n) is 5.10. The summed E-state index contributed by atoms with van der Waals surface area (Å²) in [6.07, 6.45) is 2.77. The maximum atomic E-state index is 13.5. The molecule has 0 spiro atoms. The van der Waals surface area contributed by atoms with Gasteiger partial charge in [0.05, 0.1) is 0 Å². The molecule has 0 aliphatic carbocycles. The van der Waals surface area contributed by atoms with Crippen molar-refractivity contribution in [1.29, 1.82) is 0 Å². The van der Waals surface area contributed by atoms with Crippen LogP contribution in [0.1, 0.15) is 26.2 Å². The lowest BCUT2D eigenvalue weighted by Crippen LogP contribution is -2.44. The van der Waals surface area contributed by atoms with Gasteiger partial charge in [-0.1, -0.05) is 0 Å². The smallest absolute Gasteiger partial charge is 0.244 e. The van der Waals surface area contributed by atoms with Gasteiger partial charge in [-0.3, -0.25) is 4.79 Å². The third-order valence-electron chi connectivity index (χ3n) is 3.51. The van der Waals surface area contributed by atoms with E-state index in [1.807, 2.05) is 0 Å². The first kappa shape index (κ1) is 15.6. The highest BCUT2D eigenvalue weighted by molar-refractivity contribution is 5.84. The second-order valence-corrected chi connectivity index (χ2v) is 5.10. The van der Waals surface area contributed by atoms with Crippen LogP contribution in [0.3, 0.4) is 0 Å². The van der Waals surface area contributed by atoms with Crippen molar-refractivity contribution in [3.63, 3.8) is 0 Å². The van der Waals surface area contributed by atoms with Crippen molar-refractivity contribution in [3.8, 4) is 0 Å². The molecule has 1 unspecified atom stereocenters. The van der Waals surface area contributed by atoms with Crippen LogP contribution in [0.25, 0.3) is 0 Å². The maximum Gasteiger partial charge on any atom is 0.244 e. The molecule has 2 rings (SSSR count). The number of hydrogen-bond donors (Lipinski definition) is 1. The van der Waals surface area contributed by atoms with Gasteiger partial charge >= 0.3 is 0 Å². The molecule has 1 aliphatic heterocycles. The average Bonchev–Trinajstić information content (AvgIpc) is 2.49. The Kier molecular flexibility index (Phi) is 4.69. The summed E-state index contributed by atoms with van der Waals surface area (Å²) in [4.78, 5) is 13.7. The molecule has 1 aromatic carbocycles.